The molecule has 0 spiro atoms. The second-order valence-electron chi connectivity index (χ2n) is 3.36. The zero-order chi connectivity index (χ0) is 11.8. The Morgan fingerprint density at radius 3 is 2.62 bits per heavy atom. The van der Waals surface area contributed by atoms with Gasteiger partial charge in [0.15, 0.2) is 5.82 Å². The normalized spacial score (nSPS) is 10.9. The lowest BCUT2D eigenvalue weighted by Crippen LogP contribution is -2.10. The molecule has 1 heterocycles. The first-order valence-electron chi connectivity index (χ1n) is 5.37. The lowest BCUT2D eigenvalue weighted by atomic mass is 10.4. The lowest BCUT2D eigenvalue weighted by molar-refractivity contribution is 0.0571. The molecule has 0 N–H and O–H groups in total. The molecule has 16 heavy (non-hydrogen) atoms. The standard InChI is InChI=1S/C10H18ClN3O2/c1-3-4-14-9(7-11)12-13-10(14)8-16-6-5-15-2/h3-8H2,1-2H3. The topological polar surface area (TPSA) is 49.2 Å². The van der Waals surface area contributed by atoms with Crippen molar-refractivity contribution in [1.29, 1.82) is 0 Å². The van der Waals surface area contributed by atoms with Gasteiger partial charge in [0.1, 0.15) is 12.4 Å². The van der Waals surface area contributed by atoms with E-state index >= 15 is 0 Å². The molecule has 92 valence electrons. The van der Waals surface area contributed by atoms with E-state index in [1.54, 1.807) is 7.11 Å². The third-order valence-corrected chi connectivity index (χ3v) is 2.37. The van der Waals surface area contributed by atoms with E-state index in [1.807, 2.05) is 4.57 Å². The molecular formula is C10H18ClN3O2. The number of ether oxygens (including phenoxy) is 2. The molecule has 1 aromatic heterocycles. The fourth-order valence-corrected chi connectivity index (χ4v) is 1.56. The zero-order valence-electron chi connectivity index (χ0n) is 9.78. The van der Waals surface area contributed by atoms with Gasteiger partial charge >= 0.3 is 0 Å². The average Bonchev–Trinajstić information content (AvgIpc) is 2.68. The first kappa shape index (κ1) is 13.4. The van der Waals surface area contributed by atoms with Crippen LogP contribution in [0.1, 0.15) is 25.0 Å². The Labute approximate surface area is 101 Å². The molecule has 0 fully saturated rings. The third-order valence-electron chi connectivity index (χ3n) is 2.13. The highest BCUT2D eigenvalue weighted by Gasteiger charge is 2.10. The van der Waals surface area contributed by atoms with Crippen LogP contribution in [0.5, 0.6) is 0 Å². The quantitative estimate of drug-likeness (QED) is 0.517. The molecule has 6 heteroatoms. The van der Waals surface area contributed by atoms with Crippen molar-refractivity contribution in [3.63, 3.8) is 0 Å². The molecule has 0 aliphatic rings. The van der Waals surface area contributed by atoms with Crippen LogP contribution in [-0.4, -0.2) is 35.1 Å². The smallest absolute Gasteiger partial charge is 0.159 e. The van der Waals surface area contributed by atoms with Gasteiger partial charge in [-0.3, -0.25) is 0 Å². The first-order valence-corrected chi connectivity index (χ1v) is 5.90. The summed E-state index contributed by atoms with van der Waals surface area (Å²) < 4.78 is 12.3. The van der Waals surface area contributed by atoms with Gasteiger partial charge in [0.2, 0.25) is 0 Å². The number of rotatable bonds is 8. The molecule has 5 nitrogen and oxygen atoms in total. The Hall–Kier alpha value is -0.650. The minimum absolute atomic E-state index is 0.380. The minimum atomic E-state index is 0.380. The van der Waals surface area contributed by atoms with Crippen LogP contribution in [0.15, 0.2) is 0 Å². The van der Waals surface area contributed by atoms with Crippen molar-refractivity contribution in [2.75, 3.05) is 20.3 Å². The number of alkyl halides is 1. The molecule has 0 aromatic carbocycles. The molecule has 0 radical (unpaired) electrons. The van der Waals surface area contributed by atoms with E-state index in [0.717, 1.165) is 24.6 Å². The van der Waals surface area contributed by atoms with Crippen LogP contribution in [0.25, 0.3) is 0 Å². The maximum absolute atomic E-state index is 5.78. The zero-order valence-corrected chi connectivity index (χ0v) is 10.5. The molecular weight excluding hydrogens is 230 g/mol. The van der Waals surface area contributed by atoms with Gasteiger partial charge in [0.05, 0.1) is 19.1 Å². The van der Waals surface area contributed by atoms with Crippen molar-refractivity contribution in [1.82, 2.24) is 14.8 Å². The molecule has 0 bridgehead atoms. The average molecular weight is 248 g/mol. The van der Waals surface area contributed by atoms with Gasteiger partial charge in [-0.15, -0.1) is 21.8 Å². The summed E-state index contributed by atoms with van der Waals surface area (Å²) in [4.78, 5) is 0. The van der Waals surface area contributed by atoms with Gasteiger partial charge in [-0.05, 0) is 6.42 Å². The van der Waals surface area contributed by atoms with Gasteiger partial charge in [0, 0.05) is 13.7 Å². The van der Waals surface area contributed by atoms with E-state index in [-0.39, 0.29) is 0 Å². The maximum Gasteiger partial charge on any atom is 0.159 e. The van der Waals surface area contributed by atoms with Gasteiger partial charge in [-0.2, -0.15) is 0 Å². The third kappa shape index (κ3) is 3.73. The van der Waals surface area contributed by atoms with Crippen LogP contribution in [0.4, 0.5) is 0 Å². The highest BCUT2D eigenvalue weighted by molar-refractivity contribution is 6.16. The molecule has 0 aliphatic heterocycles. The highest BCUT2D eigenvalue weighted by atomic mass is 35.5. The van der Waals surface area contributed by atoms with Crippen LogP contribution in [-0.2, 0) is 28.5 Å². The Morgan fingerprint density at radius 1 is 1.25 bits per heavy atom. The number of halogens is 1. The first-order chi connectivity index (χ1) is 7.83. The predicted octanol–water partition coefficient (Wildman–Crippen LogP) is 1.59. The fraction of sp³-hybridized carbons (Fsp3) is 0.800. The highest BCUT2D eigenvalue weighted by Crippen LogP contribution is 2.07. The predicted molar refractivity (Wildman–Crippen MR) is 61.4 cm³/mol. The van der Waals surface area contributed by atoms with Gasteiger partial charge in [0.25, 0.3) is 0 Å². The fourth-order valence-electron chi connectivity index (χ4n) is 1.37. The van der Waals surface area contributed by atoms with Crippen LogP contribution >= 0.6 is 11.6 Å². The number of hydrogen-bond acceptors (Lipinski definition) is 4. The second-order valence-corrected chi connectivity index (χ2v) is 3.63. The summed E-state index contributed by atoms with van der Waals surface area (Å²) in [6.07, 6.45) is 1.02. The second kappa shape index (κ2) is 7.60. The van der Waals surface area contributed by atoms with Crippen LogP contribution in [0, 0.1) is 0 Å². The Morgan fingerprint density at radius 2 is 2.00 bits per heavy atom. The number of nitrogens with zero attached hydrogens (tertiary/aromatic N) is 3. The molecule has 0 saturated carbocycles. The Balaban J connectivity index is 2.53. The summed E-state index contributed by atoms with van der Waals surface area (Å²) >= 11 is 5.78. The van der Waals surface area contributed by atoms with Crippen LogP contribution < -0.4 is 0 Å². The monoisotopic (exact) mass is 247 g/mol. The van der Waals surface area contributed by atoms with E-state index < -0.39 is 0 Å². The van der Waals surface area contributed by atoms with Gasteiger partial charge < -0.3 is 14.0 Å². The number of methoxy groups -OCH3 is 1. The summed E-state index contributed by atoms with van der Waals surface area (Å²) in [5.74, 6) is 2.01. The van der Waals surface area contributed by atoms with E-state index in [9.17, 15) is 0 Å². The SMILES string of the molecule is CCCn1c(CCl)nnc1COCCOC. The van der Waals surface area contributed by atoms with Crippen molar-refractivity contribution in [2.24, 2.45) is 0 Å². The summed E-state index contributed by atoms with van der Waals surface area (Å²) in [5, 5.41) is 8.09. The van der Waals surface area contributed by atoms with Crippen molar-refractivity contribution in [2.45, 2.75) is 32.4 Å². The molecule has 0 saturated heterocycles. The summed E-state index contributed by atoms with van der Waals surface area (Å²) in [5.41, 5.74) is 0. The van der Waals surface area contributed by atoms with E-state index in [4.69, 9.17) is 21.1 Å². The molecule has 0 unspecified atom stereocenters. The molecule has 0 amide bonds. The van der Waals surface area contributed by atoms with Crippen molar-refractivity contribution >= 4 is 11.6 Å². The van der Waals surface area contributed by atoms with Crippen LogP contribution in [0.3, 0.4) is 0 Å². The molecule has 0 aliphatic carbocycles. The molecule has 1 aromatic rings. The van der Waals surface area contributed by atoms with Crippen LogP contribution in [0.2, 0.25) is 0 Å². The summed E-state index contributed by atoms with van der Waals surface area (Å²) in [6.45, 7) is 4.58. The summed E-state index contributed by atoms with van der Waals surface area (Å²) in [6, 6.07) is 0. The lowest BCUT2D eigenvalue weighted by Gasteiger charge is -2.07. The van der Waals surface area contributed by atoms with Gasteiger partial charge in [-0.1, -0.05) is 6.92 Å². The van der Waals surface area contributed by atoms with Gasteiger partial charge in [-0.25, -0.2) is 0 Å². The Bertz CT molecular complexity index is 304. The van der Waals surface area contributed by atoms with E-state index in [2.05, 4.69) is 17.1 Å². The van der Waals surface area contributed by atoms with Crippen molar-refractivity contribution < 1.29 is 9.47 Å². The minimum Gasteiger partial charge on any atom is -0.382 e. The molecule has 1 rings (SSSR count). The van der Waals surface area contributed by atoms with Crippen molar-refractivity contribution in [3.05, 3.63) is 11.6 Å². The maximum atomic E-state index is 5.78. The number of aromatic nitrogens is 3. The van der Waals surface area contributed by atoms with E-state index in [1.165, 1.54) is 0 Å². The summed E-state index contributed by atoms with van der Waals surface area (Å²) in [7, 11) is 1.65. The number of hydrogen-bond donors (Lipinski definition) is 0. The van der Waals surface area contributed by atoms with E-state index in [0.29, 0.717) is 25.7 Å². The largest absolute Gasteiger partial charge is 0.382 e. The Kier molecular flexibility index (Phi) is 6.37. The van der Waals surface area contributed by atoms with Crippen molar-refractivity contribution in [3.8, 4) is 0 Å². The molecule has 0 atom stereocenters.